The molecule has 3 nitrogen and oxygen atoms in total. The highest BCUT2D eigenvalue weighted by Gasteiger charge is 2.13. The molecule has 0 fully saturated rings. The molecule has 0 radical (unpaired) electrons. The molecular formula is C15H14BrCl2NO2. The van der Waals surface area contributed by atoms with Crippen LogP contribution >= 0.6 is 39.1 Å². The van der Waals surface area contributed by atoms with Crippen molar-refractivity contribution in [2.75, 3.05) is 19.5 Å². The molecule has 112 valence electrons. The van der Waals surface area contributed by atoms with Gasteiger partial charge in [-0.15, -0.1) is 0 Å². The molecule has 21 heavy (non-hydrogen) atoms. The fourth-order valence-electron chi connectivity index (χ4n) is 1.93. The summed E-state index contributed by atoms with van der Waals surface area (Å²) in [5.74, 6) is 1.38. The van der Waals surface area contributed by atoms with Crippen LogP contribution in [0.1, 0.15) is 5.56 Å². The van der Waals surface area contributed by atoms with Gasteiger partial charge >= 0.3 is 0 Å². The first kappa shape index (κ1) is 16.3. The average molecular weight is 391 g/mol. The molecule has 2 rings (SSSR count). The Kier molecular flexibility index (Phi) is 5.62. The van der Waals surface area contributed by atoms with Crippen LogP contribution in [0.3, 0.4) is 0 Å². The van der Waals surface area contributed by atoms with Crippen molar-refractivity contribution in [2.24, 2.45) is 0 Å². The second-order valence-corrected chi connectivity index (χ2v) is 5.91. The lowest BCUT2D eigenvalue weighted by Crippen LogP contribution is -2.04. The lowest BCUT2D eigenvalue weighted by molar-refractivity contribution is 0.351. The van der Waals surface area contributed by atoms with Crippen molar-refractivity contribution in [3.63, 3.8) is 0 Å². The number of rotatable bonds is 5. The average Bonchev–Trinajstić information content (AvgIpc) is 2.49. The van der Waals surface area contributed by atoms with E-state index < -0.39 is 0 Å². The molecule has 1 N–H and O–H groups in total. The van der Waals surface area contributed by atoms with Crippen molar-refractivity contribution in [1.82, 2.24) is 0 Å². The smallest absolute Gasteiger partial charge is 0.166 e. The zero-order valence-corrected chi connectivity index (χ0v) is 14.6. The Bertz CT molecular complexity index is 650. The lowest BCUT2D eigenvalue weighted by atomic mass is 10.1. The molecular weight excluding hydrogens is 377 g/mol. The van der Waals surface area contributed by atoms with E-state index in [-0.39, 0.29) is 0 Å². The first-order valence-electron chi connectivity index (χ1n) is 6.15. The van der Waals surface area contributed by atoms with Gasteiger partial charge in [-0.25, -0.2) is 0 Å². The molecule has 0 heterocycles. The SMILES string of the molecule is COc1ccc(Br)c(CNc2ccc(Cl)c(Cl)c2)c1OC. The van der Waals surface area contributed by atoms with Gasteiger partial charge in [0, 0.05) is 22.3 Å². The zero-order valence-electron chi connectivity index (χ0n) is 11.5. The molecule has 6 heteroatoms. The van der Waals surface area contributed by atoms with Gasteiger partial charge in [-0.05, 0) is 30.3 Å². The van der Waals surface area contributed by atoms with E-state index in [0.29, 0.717) is 28.1 Å². The highest BCUT2D eigenvalue weighted by molar-refractivity contribution is 9.10. The maximum Gasteiger partial charge on any atom is 0.166 e. The van der Waals surface area contributed by atoms with Crippen molar-refractivity contribution >= 4 is 44.8 Å². The molecule has 0 spiro atoms. The summed E-state index contributed by atoms with van der Waals surface area (Å²) in [5.41, 5.74) is 1.84. The van der Waals surface area contributed by atoms with Gasteiger partial charge in [-0.2, -0.15) is 0 Å². The van der Waals surface area contributed by atoms with Crippen LogP contribution in [0.25, 0.3) is 0 Å². The van der Waals surface area contributed by atoms with Crippen LogP contribution in [0.4, 0.5) is 5.69 Å². The van der Waals surface area contributed by atoms with Gasteiger partial charge in [-0.3, -0.25) is 0 Å². The van der Waals surface area contributed by atoms with Crippen LogP contribution in [0.2, 0.25) is 10.0 Å². The van der Waals surface area contributed by atoms with E-state index in [1.165, 1.54) is 0 Å². The van der Waals surface area contributed by atoms with Gasteiger partial charge in [-0.1, -0.05) is 39.1 Å². The molecule has 0 amide bonds. The Morgan fingerprint density at radius 1 is 1.05 bits per heavy atom. The molecule has 0 atom stereocenters. The Balaban J connectivity index is 2.24. The Labute approximate surface area is 142 Å². The number of anilines is 1. The lowest BCUT2D eigenvalue weighted by Gasteiger charge is -2.15. The molecule has 0 unspecified atom stereocenters. The summed E-state index contributed by atoms with van der Waals surface area (Å²) in [6.07, 6.45) is 0. The van der Waals surface area contributed by atoms with Crippen LogP contribution in [0.5, 0.6) is 11.5 Å². The topological polar surface area (TPSA) is 30.5 Å². The maximum absolute atomic E-state index is 6.01. The fourth-order valence-corrected chi connectivity index (χ4v) is 2.68. The second kappa shape index (κ2) is 7.25. The third kappa shape index (κ3) is 3.76. The molecule has 2 aromatic rings. The summed E-state index contributed by atoms with van der Waals surface area (Å²) < 4.78 is 11.7. The van der Waals surface area contributed by atoms with E-state index in [0.717, 1.165) is 15.7 Å². The summed E-state index contributed by atoms with van der Waals surface area (Å²) in [7, 11) is 3.23. The quantitative estimate of drug-likeness (QED) is 0.742. The van der Waals surface area contributed by atoms with Crippen molar-refractivity contribution < 1.29 is 9.47 Å². The molecule has 0 bridgehead atoms. The number of methoxy groups -OCH3 is 2. The van der Waals surface area contributed by atoms with Crippen LogP contribution < -0.4 is 14.8 Å². The van der Waals surface area contributed by atoms with Crippen LogP contribution in [-0.2, 0) is 6.54 Å². The second-order valence-electron chi connectivity index (χ2n) is 4.24. The van der Waals surface area contributed by atoms with Gasteiger partial charge < -0.3 is 14.8 Å². The third-order valence-corrected chi connectivity index (χ3v) is 4.46. The Morgan fingerprint density at radius 3 is 2.43 bits per heavy atom. The van der Waals surface area contributed by atoms with Gasteiger partial charge in [0.25, 0.3) is 0 Å². The highest BCUT2D eigenvalue weighted by Crippen LogP contribution is 2.36. The van der Waals surface area contributed by atoms with Crippen LogP contribution in [-0.4, -0.2) is 14.2 Å². The van der Waals surface area contributed by atoms with Gasteiger partial charge in [0.2, 0.25) is 0 Å². The van der Waals surface area contributed by atoms with Crippen molar-refractivity contribution in [3.05, 3.63) is 50.4 Å². The predicted octanol–water partition coefficient (Wildman–Crippen LogP) is 5.39. The molecule has 0 saturated carbocycles. The van der Waals surface area contributed by atoms with E-state index in [4.69, 9.17) is 32.7 Å². The van der Waals surface area contributed by atoms with Gasteiger partial charge in [0.05, 0.1) is 24.3 Å². The molecule has 0 aliphatic heterocycles. The van der Waals surface area contributed by atoms with Crippen molar-refractivity contribution in [1.29, 1.82) is 0 Å². The molecule has 0 aromatic heterocycles. The van der Waals surface area contributed by atoms with Gasteiger partial charge in [0.15, 0.2) is 11.5 Å². The van der Waals surface area contributed by atoms with Crippen molar-refractivity contribution in [2.45, 2.75) is 6.54 Å². The monoisotopic (exact) mass is 389 g/mol. The van der Waals surface area contributed by atoms with Crippen LogP contribution in [0, 0.1) is 0 Å². The zero-order chi connectivity index (χ0) is 15.4. The number of halogens is 3. The summed E-state index contributed by atoms with van der Waals surface area (Å²) in [5, 5.41) is 4.33. The normalized spacial score (nSPS) is 10.3. The summed E-state index contributed by atoms with van der Waals surface area (Å²) >= 11 is 15.4. The number of hydrogen-bond acceptors (Lipinski definition) is 3. The van der Waals surface area contributed by atoms with E-state index in [9.17, 15) is 0 Å². The van der Waals surface area contributed by atoms with Gasteiger partial charge in [0.1, 0.15) is 0 Å². The summed E-state index contributed by atoms with van der Waals surface area (Å²) in [4.78, 5) is 0. The summed E-state index contributed by atoms with van der Waals surface area (Å²) in [6.45, 7) is 0.554. The first-order valence-corrected chi connectivity index (χ1v) is 7.70. The number of benzene rings is 2. The Morgan fingerprint density at radius 2 is 1.81 bits per heavy atom. The van der Waals surface area contributed by atoms with Crippen LogP contribution in [0.15, 0.2) is 34.8 Å². The Hall–Kier alpha value is -1.10. The number of nitrogens with one attached hydrogen (secondary N) is 1. The molecule has 0 aliphatic carbocycles. The fraction of sp³-hybridized carbons (Fsp3) is 0.200. The minimum atomic E-state index is 0.512. The predicted molar refractivity (Wildman–Crippen MR) is 91.0 cm³/mol. The maximum atomic E-state index is 6.01. The van der Waals surface area contributed by atoms with E-state index in [1.807, 2.05) is 18.2 Å². The molecule has 0 aliphatic rings. The minimum Gasteiger partial charge on any atom is -0.493 e. The van der Waals surface area contributed by atoms with E-state index >= 15 is 0 Å². The number of hydrogen-bond donors (Lipinski definition) is 1. The number of ether oxygens (including phenoxy) is 2. The molecule has 2 aromatic carbocycles. The van der Waals surface area contributed by atoms with E-state index in [2.05, 4.69) is 21.2 Å². The third-order valence-electron chi connectivity index (χ3n) is 2.98. The van der Waals surface area contributed by atoms with Crippen molar-refractivity contribution in [3.8, 4) is 11.5 Å². The highest BCUT2D eigenvalue weighted by atomic mass is 79.9. The summed E-state index contributed by atoms with van der Waals surface area (Å²) in [6, 6.07) is 9.18. The minimum absolute atomic E-state index is 0.512. The molecule has 0 saturated heterocycles. The standard InChI is InChI=1S/C15H14BrCl2NO2/c1-20-14-6-4-11(16)10(15(14)21-2)8-19-9-3-5-12(17)13(18)7-9/h3-7,19H,8H2,1-2H3. The first-order chi connectivity index (χ1) is 10.1. The van der Waals surface area contributed by atoms with E-state index in [1.54, 1.807) is 26.4 Å². The largest absolute Gasteiger partial charge is 0.493 e.